The van der Waals surface area contributed by atoms with Crippen LogP contribution in [-0.4, -0.2) is 28.6 Å². The zero-order valence-corrected chi connectivity index (χ0v) is 7.92. The van der Waals surface area contributed by atoms with Gasteiger partial charge in [0, 0.05) is 6.54 Å². The third kappa shape index (κ3) is 4.92. The summed E-state index contributed by atoms with van der Waals surface area (Å²) >= 11 is 0. The van der Waals surface area contributed by atoms with E-state index in [9.17, 15) is 4.79 Å². The van der Waals surface area contributed by atoms with Gasteiger partial charge in [-0.3, -0.25) is 5.21 Å². The molecule has 0 rings (SSSR count). The van der Waals surface area contributed by atoms with Crippen molar-refractivity contribution in [1.82, 2.24) is 10.6 Å². The number of nitrogens with one attached hydrogen (secondary N) is 1. The Bertz CT molecular complexity index is 153. The van der Waals surface area contributed by atoms with E-state index in [0.717, 1.165) is 0 Å². The number of ether oxygens (including phenoxy) is 1. The van der Waals surface area contributed by atoms with Crippen LogP contribution in [0.3, 0.4) is 0 Å². The fraction of sp³-hybridized carbons (Fsp3) is 0.857. The first-order valence-corrected chi connectivity index (χ1v) is 3.82. The second-order valence-corrected chi connectivity index (χ2v) is 3.30. The average molecular weight is 176 g/mol. The van der Waals surface area contributed by atoms with E-state index in [-0.39, 0.29) is 0 Å². The second-order valence-electron chi connectivity index (χ2n) is 3.30. The third-order valence-electron chi connectivity index (χ3n) is 0.874. The Labute approximate surface area is 72.2 Å². The van der Waals surface area contributed by atoms with Gasteiger partial charge in [-0.15, -0.1) is 5.17 Å². The van der Waals surface area contributed by atoms with Crippen LogP contribution in [0.2, 0.25) is 0 Å². The van der Waals surface area contributed by atoms with E-state index in [4.69, 9.17) is 9.94 Å². The number of hydroxylamine groups is 1. The van der Waals surface area contributed by atoms with E-state index >= 15 is 0 Å². The van der Waals surface area contributed by atoms with Crippen molar-refractivity contribution in [2.45, 2.75) is 33.3 Å². The second kappa shape index (κ2) is 4.27. The van der Waals surface area contributed by atoms with Gasteiger partial charge in [-0.05, 0) is 20.8 Å². The van der Waals surface area contributed by atoms with E-state index in [1.807, 2.05) is 0 Å². The molecule has 0 heterocycles. The highest BCUT2D eigenvalue weighted by Crippen LogP contribution is 2.07. The summed E-state index contributed by atoms with van der Waals surface area (Å²) in [6.07, 6.45) is -0.802. The van der Waals surface area contributed by atoms with E-state index in [0.29, 0.717) is 11.7 Å². The molecule has 0 saturated carbocycles. The largest absolute Gasteiger partial charge is 0.449 e. The van der Waals surface area contributed by atoms with Gasteiger partial charge in [-0.25, -0.2) is 10.2 Å². The molecule has 1 amide bonds. The van der Waals surface area contributed by atoms with Crippen molar-refractivity contribution in [2.75, 3.05) is 6.54 Å². The predicted octanol–water partition coefficient (Wildman–Crippen LogP) is 1.14. The highest BCUT2D eigenvalue weighted by Gasteiger charge is 2.20. The summed E-state index contributed by atoms with van der Waals surface area (Å²) in [7, 11) is 0. The van der Waals surface area contributed by atoms with Crippen molar-refractivity contribution in [1.29, 1.82) is 0 Å². The third-order valence-corrected chi connectivity index (χ3v) is 0.874. The Hall–Kier alpha value is -0.810. The number of hydrazine groups is 1. The Morgan fingerprint density at radius 1 is 1.58 bits per heavy atom. The van der Waals surface area contributed by atoms with Crippen LogP contribution < -0.4 is 5.43 Å². The summed E-state index contributed by atoms with van der Waals surface area (Å²) in [6.45, 7) is 7.39. The minimum Gasteiger partial charge on any atom is -0.441 e. The fourth-order valence-corrected chi connectivity index (χ4v) is 0.519. The van der Waals surface area contributed by atoms with Gasteiger partial charge < -0.3 is 4.74 Å². The first-order chi connectivity index (χ1) is 5.37. The maximum atomic E-state index is 10.9. The van der Waals surface area contributed by atoms with Gasteiger partial charge in [0.15, 0.2) is 0 Å². The van der Waals surface area contributed by atoms with Crippen LogP contribution in [0.25, 0.3) is 0 Å². The summed E-state index contributed by atoms with van der Waals surface area (Å²) in [5.74, 6) is 0. The van der Waals surface area contributed by atoms with Crippen molar-refractivity contribution < 1.29 is 14.7 Å². The van der Waals surface area contributed by atoms with E-state index in [2.05, 4.69) is 5.43 Å². The quantitative estimate of drug-likeness (QED) is 0.489. The Morgan fingerprint density at radius 3 is 2.42 bits per heavy atom. The first-order valence-electron chi connectivity index (χ1n) is 3.82. The maximum Gasteiger partial charge on any atom is 0.449 e. The molecule has 72 valence electrons. The van der Waals surface area contributed by atoms with Gasteiger partial charge in [0.25, 0.3) is 0 Å². The van der Waals surface area contributed by atoms with Crippen LogP contribution in [0.15, 0.2) is 0 Å². The fourth-order valence-electron chi connectivity index (χ4n) is 0.519. The van der Waals surface area contributed by atoms with Crippen LogP contribution >= 0.6 is 0 Å². The number of rotatable bonds is 2. The van der Waals surface area contributed by atoms with Crippen molar-refractivity contribution in [2.24, 2.45) is 0 Å². The molecule has 0 bridgehead atoms. The van der Waals surface area contributed by atoms with E-state index in [1.165, 1.54) is 0 Å². The van der Waals surface area contributed by atoms with Gasteiger partial charge in [-0.1, -0.05) is 6.92 Å². The summed E-state index contributed by atoms with van der Waals surface area (Å²) in [4.78, 5) is 10.9. The van der Waals surface area contributed by atoms with Crippen molar-refractivity contribution in [3.05, 3.63) is 0 Å². The molecule has 0 spiro atoms. The SMILES string of the molecule is CCNN(O)C(=O)OC(C)(C)C. The van der Waals surface area contributed by atoms with Crippen LogP contribution in [0.5, 0.6) is 0 Å². The molecule has 0 aliphatic heterocycles. The topological polar surface area (TPSA) is 61.8 Å². The van der Waals surface area contributed by atoms with Gasteiger partial charge in [0.05, 0.1) is 0 Å². The van der Waals surface area contributed by atoms with Crippen LogP contribution in [0.1, 0.15) is 27.7 Å². The number of hydrogen-bond donors (Lipinski definition) is 2. The lowest BCUT2D eigenvalue weighted by Crippen LogP contribution is -2.43. The van der Waals surface area contributed by atoms with Gasteiger partial charge in [-0.2, -0.15) is 0 Å². The Morgan fingerprint density at radius 2 is 2.08 bits per heavy atom. The molecule has 0 atom stereocenters. The molecule has 0 aromatic carbocycles. The Balaban J connectivity index is 3.87. The molecule has 0 unspecified atom stereocenters. The zero-order valence-electron chi connectivity index (χ0n) is 7.92. The van der Waals surface area contributed by atoms with Crippen LogP contribution in [0.4, 0.5) is 4.79 Å². The summed E-state index contributed by atoms with van der Waals surface area (Å²) < 4.78 is 4.83. The van der Waals surface area contributed by atoms with Crippen molar-refractivity contribution >= 4 is 6.09 Å². The highest BCUT2D eigenvalue weighted by molar-refractivity contribution is 5.65. The van der Waals surface area contributed by atoms with E-state index in [1.54, 1.807) is 27.7 Å². The molecule has 12 heavy (non-hydrogen) atoms. The maximum absolute atomic E-state index is 10.9. The molecule has 2 N–H and O–H groups in total. The number of carbonyl (C=O) groups excluding carboxylic acids is 1. The molecule has 5 heteroatoms. The Kier molecular flexibility index (Phi) is 3.99. The minimum absolute atomic E-state index is 0.339. The van der Waals surface area contributed by atoms with Crippen LogP contribution in [-0.2, 0) is 4.74 Å². The number of amides is 1. The normalized spacial score (nSPS) is 11.1. The number of hydrogen-bond acceptors (Lipinski definition) is 4. The molecular formula is C7H16N2O3. The standard InChI is InChI=1S/C7H16N2O3/c1-5-8-9(11)6(10)12-7(2,3)4/h8,11H,5H2,1-4H3. The van der Waals surface area contributed by atoms with Crippen molar-refractivity contribution in [3.63, 3.8) is 0 Å². The van der Waals surface area contributed by atoms with E-state index < -0.39 is 11.7 Å². The average Bonchev–Trinajstić information content (AvgIpc) is 1.84. The lowest BCUT2D eigenvalue weighted by atomic mass is 10.2. The van der Waals surface area contributed by atoms with Gasteiger partial charge in [0.2, 0.25) is 0 Å². The van der Waals surface area contributed by atoms with Crippen molar-refractivity contribution in [3.8, 4) is 0 Å². The monoisotopic (exact) mass is 176 g/mol. The molecule has 0 aromatic rings. The van der Waals surface area contributed by atoms with Gasteiger partial charge in [0.1, 0.15) is 5.60 Å². The molecular weight excluding hydrogens is 160 g/mol. The van der Waals surface area contributed by atoms with Gasteiger partial charge >= 0.3 is 6.09 Å². The molecule has 0 aliphatic carbocycles. The summed E-state index contributed by atoms with van der Waals surface area (Å²) in [5, 5.41) is 9.27. The first kappa shape index (κ1) is 11.2. The number of carbonyl (C=O) groups is 1. The zero-order chi connectivity index (χ0) is 9.78. The molecule has 0 saturated heterocycles. The number of nitrogens with zero attached hydrogens (tertiary/aromatic N) is 1. The highest BCUT2D eigenvalue weighted by atomic mass is 16.7. The minimum atomic E-state index is -0.802. The lowest BCUT2D eigenvalue weighted by Gasteiger charge is -2.22. The lowest BCUT2D eigenvalue weighted by molar-refractivity contribution is -0.126. The summed E-state index contributed by atoms with van der Waals surface area (Å²) in [5.41, 5.74) is 1.79. The molecule has 0 aromatic heterocycles. The molecule has 0 aliphatic rings. The van der Waals surface area contributed by atoms with Crippen LogP contribution in [0, 0.1) is 0 Å². The smallest absolute Gasteiger partial charge is 0.441 e. The summed E-state index contributed by atoms with van der Waals surface area (Å²) in [6, 6.07) is 0. The molecule has 0 radical (unpaired) electrons. The molecule has 0 fully saturated rings. The predicted molar refractivity (Wildman–Crippen MR) is 43.5 cm³/mol. The molecule has 5 nitrogen and oxygen atoms in total.